The first-order chi connectivity index (χ1) is 12.0. The molecule has 1 aliphatic rings. The molecule has 0 amide bonds. The first-order valence-electron chi connectivity index (χ1n) is 8.28. The number of allylic oxidation sites excluding steroid dienone is 4. The van der Waals surface area contributed by atoms with Crippen molar-refractivity contribution in [3.05, 3.63) is 95.9 Å². The molecule has 3 unspecified atom stereocenters. The lowest BCUT2D eigenvalue weighted by Crippen LogP contribution is -2.36. The Morgan fingerprint density at radius 3 is 2.52 bits per heavy atom. The number of rotatable bonds is 4. The second-order valence-corrected chi connectivity index (χ2v) is 8.30. The van der Waals surface area contributed by atoms with E-state index in [4.69, 9.17) is 0 Å². The Labute approximate surface area is 151 Å². The Kier molecular flexibility index (Phi) is 5.14. The molecule has 1 nitrogen and oxygen atoms in total. The topological polar surface area (TPSA) is 17.1 Å². The largest absolute Gasteiger partial charge is 0.253 e. The molecular formula is C22H21FOS. The van der Waals surface area contributed by atoms with Gasteiger partial charge < -0.3 is 0 Å². The van der Waals surface area contributed by atoms with E-state index < -0.39 is 15.5 Å². The van der Waals surface area contributed by atoms with Gasteiger partial charge in [0.2, 0.25) is 0 Å². The zero-order valence-electron chi connectivity index (χ0n) is 14.4. The van der Waals surface area contributed by atoms with Crippen molar-refractivity contribution in [2.75, 3.05) is 0 Å². The maximum absolute atomic E-state index is 13.9. The van der Waals surface area contributed by atoms with Gasteiger partial charge in [0.15, 0.2) is 0 Å². The highest BCUT2D eigenvalue weighted by atomic mass is 32.2. The molecule has 0 fully saturated rings. The summed E-state index contributed by atoms with van der Waals surface area (Å²) in [5, 5.41) is 0. The van der Waals surface area contributed by atoms with Gasteiger partial charge in [0.05, 0.1) is 15.5 Å². The zero-order chi connectivity index (χ0) is 17.9. The Bertz CT molecular complexity index is 864. The maximum atomic E-state index is 13.9. The standard InChI is InChI=1S/C22H21FOS/c1-17-10-14-20(15-11-17)25(24)22(2)16-6-5-8-19(22)13-12-18-7-3-4-9-21(18)23/h3-16,19H,1-2H3/b13-12+. The van der Waals surface area contributed by atoms with Crippen LogP contribution in [0.5, 0.6) is 0 Å². The third-order valence-corrected chi connectivity index (χ3v) is 6.45. The van der Waals surface area contributed by atoms with Crippen molar-refractivity contribution >= 4 is 16.9 Å². The van der Waals surface area contributed by atoms with Gasteiger partial charge in [0.25, 0.3) is 0 Å². The van der Waals surface area contributed by atoms with Gasteiger partial charge in [-0.3, -0.25) is 4.21 Å². The van der Waals surface area contributed by atoms with Crippen LogP contribution in [0.25, 0.3) is 6.08 Å². The highest BCUT2D eigenvalue weighted by molar-refractivity contribution is 7.86. The van der Waals surface area contributed by atoms with E-state index in [-0.39, 0.29) is 11.7 Å². The van der Waals surface area contributed by atoms with E-state index in [1.165, 1.54) is 6.07 Å². The monoisotopic (exact) mass is 352 g/mol. The number of aryl methyl sites for hydroxylation is 1. The van der Waals surface area contributed by atoms with Gasteiger partial charge in [-0.2, -0.15) is 0 Å². The van der Waals surface area contributed by atoms with E-state index in [0.29, 0.717) is 5.56 Å². The van der Waals surface area contributed by atoms with Crippen LogP contribution in [-0.2, 0) is 10.8 Å². The minimum Gasteiger partial charge on any atom is -0.253 e. The first kappa shape index (κ1) is 17.6. The molecule has 128 valence electrons. The van der Waals surface area contributed by atoms with Crippen LogP contribution in [0.3, 0.4) is 0 Å². The van der Waals surface area contributed by atoms with Crippen LogP contribution < -0.4 is 0 Å². The number of benzene rings is 2. The lowest BCUT2D eigenvalue weighted by molar-refractivity contribution is 0.602. The molecule has 3 heteroatoms. The van der Waals surface area contributed by atoms with Gasteiger partial charge in [0.1, 0.15) is 5.82 Å². The molecule has 3 rings (SSSR count). The molecule has 2 aromatic carbocycles. The predicted octanol–water partition coefficient (Wildman–Crippen LogP) is 5.46. The van der Waals surface area contributed by atoms with Crippen LogP contribution in [0.4, 0.5) is 4.39 Å². The van der Waals surface area contributed by atoms with Crippen molar-refractivity contribution in [2.24, 2.45) is 5.92 Å². The van der Waals surface area contributed by atoms with Gasteiger partial charge >= 0.3 is 0 Å². The van der Waals surface area contributed by atoms with Crippen LogP contribution in [-0.4, -0.2) is 8.96 Å². The average molecular weight is 352 g/mol. The minimum atomic E-state index is -1.22. The molecule has 3 atom stereocenters. The summed E-state index contributed by atoms with van der Waals surface area (Å²) in [6.45, 7) is 4.00. The van der Waals surface area contributed by atoms with Crippen LogP contribution in [0.15, 0.2) is 83.8 Å². The summed E-state index contributed by atoms with van der Waals surface area (Å²) in [5.41, 5.74) is 1.68. The molecule has 0 aliphatic heterocycles. The molecular weight excluding hydrogens is 331 g/mol. The number of hydrogen-bond acceptors (Lipinski definition) is 1. The summed E-state index contributed by atoms with van der Waals surface area (Å²) in [6, 6.07) is 14.4. The SMILES string of the molecule is Cc1ccc(S(=O)C2(C)C=CC=CC2/C=C/c2ccccc2F)cc1. The fourth-order valence-electron chi connectivity index (χ4n) is 2.91. The summed E-state index contributed by atoms with van der Waals surface area (Å²) >= 11 is 0. The summed E-state index contributed by atoms with van der Waals surface area (Å²) in [6.07, 6.45) is 11.6. The third-order valence-electron chi connectivity index (χ3n) is 4.54. The predicted molar refractivity (Wildman–Crippen MR) is 103 cm³/mol. The Balaban J connectivity index is 1.91. The molecule has 0 heterocycles. The van der Waals surface area contributed by atoms with Crippen molar-refractivity contribution in [2.45, 2.75) is 23.5 Å². The van der Waals surface area contributed by atoms with Gasteiger partial charge in [-0.1, -0.05) is 72.4 Å². The maximum Gasteiger partial charge on any atom is 0.130 e. The lowest BCUT2D eigenvalue weighted by atomic mass is 9.88. The molecule has 1 aliphatic carbocycles. The smallest absolute Gasteiger partial charge is 0.130 e. The molecule has 0 saturated carbocycles. The Morgan fingerprint density at radius 1 is 1.08 bits per heavy atom. The number of hydrogen-bond donors (Lipinski definition) is 0. The lowest BCUT2D eigenvalue weighted by Gasteiger charge is -2.32. The quantitative estimate of drug-likeness (QED) is 0.714. The van der Waals surface area contributed by atoms with Gasteiger partial charge in [0, 0.05) is 16.4 Å². The summed E-state index contributed by atoms with van der Waals surface area (Å²) in [5.74, 6) is -0.338. The molecule has 0 radical (unpaired) electrons. The summed E-state index contributed by atoms with van der Waals surface area (Å²) < 4.78 is 26.5. The van der Waals surface area contributed by atoms with Crippen molar-refractivity contribution in [3.8, 4) is 0 Å². The zero-order valence-corrected chi connectivity index (χ0v) is 15.2. The molecule has 0 saturated heterocycles. The molecule has 0 spiro atoms. The fourth-order valence-corrected chi connectivity index (χ4v) is 4.40. The van der Waals surface area contributed by atoms with E-state index >= 15 is 0 Å². The molecule has 25 heavy (non-hydrogen) atoms. The summed E-state index contributed by atoms with van der Waals surface area (Å²) in [7, 11) is -1.22. The molecule has 0 N–H and O–H groups in total. The van der Waals surface area contributed by atoms with Crippen LogP contribution >= 0.6 is 0 Å². The molecule has 2 aromatic rings. The number of halogens is 1. The van der Waals surface area contributed by atoms with E-state index in [1.807, 2.05) is 74.6 Å². The first-order valence-corrected chi connectivity index (χ1v) is 9.43. The van der Waals surface area contributed by atoms with Crippen LogP contribution in [0, 0.1) is 18.7 Å². The van der Waals surface area contributed by atoms with Gasteiger partial charge in [-0.15, -0.1) is 0 Å². The van der Waals surface area contributed by atoms with E-state index in [1.54, 1.807) is 18.2 Å². The van der Waals surface area contributed by atoms with Crippen molar-refractivity contribution in [1.82, 2.24) is 0 Å². The van der Waals surface area contributed by atoms with Crippen molar-refractivity contribution in [1.29, 1.82) is 0 Å². The third kappa shape index (κ3) is 3.72. The normalized spacial score (nSPS) is 23.9. The summed E-state index contributed by atoms with van der Waals surface area (Å²) in [4.78, 5) is 0.803. The Morgan fingerprint density at radius 2 is 1.80 bits per heavy atom. The van der Waals surface area contributed by atoms with E-state index in [9.17, 15) is 8.60 Å². The fraction of sp³-hybridized carbons (Fsp3) is 0.182. The van der Waals surface area contributed by atoms with E-state index in [0.717, 1.165) is 10.5 Å². The second kappa shape index (κ2) is 7.32. The minimum absolute atomic E-state index is 0.0840. The highest BCUT2D eigenvalue weighted by Gasteiger charge is 2.37. The molecule has 0 aromatic heterocycles. The van der Waals surface area contributed by atoms with Crippen molar-refractivity contribution < 1.29 is 8.60 Å². The van der Waals surface area contributed by atoms with Gasteiger partial charge in [-0.05, 0) is 32.0 Å². The van der Waals surface area contributed by atoms with Gasteiger partial charge in [-0.25, -0.2) is 4.39 Å². The van der Waals surface area contributed by atoms with Crippen molar-refractivity contribution in [3.63, 3.8) is 0 Å². The average Bonchev–Trinajstić information content (AvgIpc) is 2.62. The second-order valence-electron chi connectivity index (χ2n) is 6.42. The van der Waals surface area contributed by atoms with E-state index in [2.05, 4.69) is 0 Å². The van der Waals surface area contributed by atoms with Crippen LogP contribution in [0.1, 0.15) is 18.1 Å². The molecule has 0 bridgehead atoms. The Hall–Kier alpha value is -2.26. The van der Waals surface area contributed by atoms with Crippen LogP contribution in [0.2, 0.25) is 0 Å². The highest BCUT2D eigenvalue weighted by Crippen LogP contribution is 2.35.